The van der Waals surface area contributed by atoms with Crippen LogP contribution in [-0.2, 0) is 28.6 Å². The molecule has 0 radical (unpaired) electrons. The summed E-state index contributed by atoms with van der Waals surface area (Å²) in [4.78, 5) is 37.2. The molecule has 0 aliphatic heterocycles. The molecule has 0 aromatic rings. The fraction of sp³-hybridized carbons (Fsp3) is 0.925. The lowest BCUT2D eigenvalue weighted by molar-refractivity contribution is -0.167. The zero-order valence-electron chi connectivity index (χ0n) is 31.0. The van der Waals surface area contributed by atoms with E-state index in [2.05, 4.69) is 27.7 Å². The first kappa shape index (κ1) is 44.4. The lowest BCUT2D eigenvalue weighted by Gasteiger charge is -2.18. The van der Waals surface area contributed by atoms with Crippen molar-refractivity contribution in [2.24, 2.45) is 5.92 Å². The Morgan fingerprint density at radius 3 is 1.13 bits per heavy atom. The number of ether oxygens (including phenoxy) is 3. The maximum atomic E-state index is 12.6. The Morgan fingerprint density at radius 2 is 0.761 bits per heavy atom. The number of hydrogen-bond donors (Lipinski definition) is 0. The first-order valence-corrected chi connectivity index (χ1v) is 19.9. The number of esters is 3. The van der Waals surface area contributed by atoms with Gasteiger partial charge in [0.05, 0.1) is 0 Å². The molecule has 0 saturated heterocycles. The van der Waals surface area contributed by atoms with Crippen LogP contribution < -0.4 is 0 Å². The summed E-state index contributed by atoms with van der Waals surface area (Å²) >= 11 is 0. The molecule has 0 rings (SSSR count). The van der Waals surface area contributed by atoms with Crippen molar-refractivity contribution < 1.29 is 28.6 Å². The summed E-state index contributed by atoms with van der Waals surface area (Å²) in [5.41, 5.74) is 0. The summed E-state index contributed by atoms with van der Waals surface area (Å²) in [6.07, 6.45) is 31.1. The van der Waals surface area contributed by atoms with Gasteiger partial charge in [-0.05, 0) is 25.2 Å². The van der Waals surface area contributed by atoms with Gasteiger partial charge in [0.25, 0.3) is 0 Å². The first-order valence-electron chi connectivity index (χ1n) is 19.9. The Hall–Kier alpha value is -1.59. The van der Waals surface area contributed by atoms with Gasteiger partial charge in [-0.25, -0.2) is 0 Å². The largest absolute Gasteiger partial charge is 0.462 e. The fourth-order valence-electron chi connectivity index (χ4n) is 5.71. The van der Waals surface area contributed by atoms with Crippen molar-refractivity contribution in [1.29, 1.82) is 0 Å². The molecule has 0 aliphatic rings. The van der Waals surface area contributed by atoms with E-state index in [4.69, 9.17) is 14.2 Å². The minimum atomic E-state index is -0.756. The SMILES string of the molecule is CCCCCCCCCCCCCC(=O)OC[C@H](COC(=O)CCCCCCC)OC(=O)CCCCCCCCCCC(C)CC. The quantitative estimate of drug-likeness (QED) is 0.0385. The first-order chi connectivity index (χ1) is 22.4. The van der Waals surface area contributed by atoms with Gasteiger partial charge in [0.15, 0.2) is 6.10 Å². The van der Waals surface area contributed by atoms with Crippen LogP contribution in [-0.4, -0.2) is 37.2 Å². The Bertz CT molecular complexity index is 693. The minimum absolute atomic E-state index is 0.0661. The van der Waals surface area contributed by atoms with Gasteiger partial charge in [-0.15, -0.1) is 0 Å². The van der Waals surface area contributed by atoms with Crippen LogP contribution >= 0.6 is 0 Å². The zero-order chi connectivity index (χ0) is 33.9. The third-order valence-corrected chi connectivity index (χ3v) is 9.15. The standard InChI is InChI=1S/C40H76O6/c1-5-8-10-12-13-14-15-16-20-24-28-32-39(42)45-35-37(34-44-38(41)31-27-22-11-9-6-2)46-40(43)33-29-25-21-18-17-19-23-26-30-36(4)7-3/h36-37H,5-35H2,1-4H3/t36?,37-/m0/s1. The van der Waals surface area contributed by atoms with Crippen LogP contribution in [0.5, 0.6) is 0 Å². The summed E-state index contributed by atoms with van der Waals surface area (Å²) in [5.74, 6) is -0.0335. The van der Waals surface area contributed by atoms with Crippen LogP contribution in [0, 0.1) is 5.92 Å². The molecule has 1 unspecified atom stereocenters. The van der Waals surface area contributed by atoms with Crippen LogP contribution in [0.25, 0.3) is 0 Å². The molecule has 46 heavy (non-hydrogen) atoms. The Morgan fingerprint density at radius 1 is 0.435 bits per heavy atom. The molecule has 0 aliphatic carbocycles. The lowest BCUT2D eigenvalue weighted by atomic mass is 9.99. The van der Waals surface area contributed by atoms with E-state index in [1.165, 1.54) is 103 Å². The topological polar surface area (TPSA) is 78.9 Å². The van der Waals surface area contributed by atoms with Gasteiger partial charge in [0.1, 0.15) is 13.2 Å². The van der Waals surface area contributed by atoms with Crippen LogP contribution in [0.4, 0.5) is 0 Å². The second-order valence-electron chi connectivity index (χ2n) is 13.8. The molecule has 6 heteroatoms. The third-order valence-electron chi connectivity index (χ3n) is 9.15. The molecular formula is C40H76O6. The summed E-state index contributed by atoms with van der Waals surface area (Å²) in [5, 5.41) is 0. The second kappa shape index (κ2) is 34.7. The van der Waals surface area contributed by atoms with Gasteiger partial charge in [0.2, 0.25) is 0 Å². The van der Waals surface area contributed by atoms with Crippen LogP contribution in [0.1, 0.15) is 214 Å². The summed E-state index contributed by atoms with van der Waals surface area (Å²) in [6.45, 7) is 8.88. The molecule has 0 aromatic heterocycles. The fourth-order valence-corrected chi connectivity index (χ4v) is 5.71. The molecule has 0 spiro atoms. The highest BCUT2D eigenvalue weighted by molar-refractivity contribution is 5.71. The van der Waals surface area contributed by atoms with E-state index >= 15 is 0 Å². The Balaban J connectivity index is 4.28. The maximum Gasteiger partial charge on any atom is 0.306 e. The van der Waals surface area contributed by atoms with Crippen molar-refractivity contribution in [1.82, 2.24) is 0 Å². The predicted octanol–water partition coefficient (Wildman–Crippen LogP) is 12.0. The Labute approximate surface area is 285 Å². The number of carbonyl (C=O) groups is 3. The van der Waals surface area contributed by atoms with Crippen LogP contribution in [0.15, 0.2) is 0 Å². The number of unbranched alkanes of at least 4 members (excludes halogenated alkanes) is 21. The van der Waals surface area contributed by atoms with E-state index in [9.17, 15) is 14.4 Å². The van der Waals surface area contributed by atoms with Crippen molar-refractivity contribution in [3.63, 3.8) is 0 Å². The minimum Gasteiger partial charge on any atom is -0.462 e. The summed E-state index contributed by atoms with van der Waals surface area (Å²) in [7, 11) is 0. The monoisotopic (exact) mass is 653 g/mol. The molecule has 0 saturated carbocycles. The Kier molecular flexibility index (Phi) is 33.5. The van der Waals surface area contributed by atoms with E-state index in [0.29, 0.717) is 19.3 Å². The zero-order valence-corrected chi connectivity index (χ0v) is 31.0. The van der Waals surface area contributed by atoms with E-state index < -0.39 is 6.10 Å². The number of carbonyl (C=O) groups excluding carboxylic acids is 3. The van der Waals surface area contributed by atoms with E-state index in [-0.39, 0.29) is 31.1 Å². The molecule has 0 bridgehead atoms. The van der Waals surface area contributed by atoms with Crippen molar-refractivity contribution in [2.75, 3.05) is 13.2 Å². The van der Waals surface area contributed by atoms with E-state index in [1.54, 1.807) is 0 Å². The molecule has 0 N–H and O–H groups in total. The smallest absolute Gasteiger partial charge is 0.306 e. The molecule has 6 nitrogen and oxygen atoms in total. The highest BCUT2D eigenvalue weighted by Crippen LogP contribution is 2.16. The van der Waals surface area contributed by atoms with Crippen molar-refractivity contribution in [3.8, 4) is 0 Å². The highest BCUT2D eigenvalue weighted by atomic mass is 16.6. The average molecular weight is 653 g/mol. The molecule has 272 valence electrons. The summed E-state index contributed by atoms with van der Waals surface area (Å²) in [6, 6.07) is 0. The van der Waals surface area contributed by atoms with Crippen molar-refractivity contribution in [2.45, 2.75) is 220 Å². The highest BCUT2D eigenvalue weighted by Gasteiger charge is 2.19. The molecular weight excluding hydrogens is 576 g/mol. The maximum absolute atomic E-state index is 12.6. The number of rotatable bonds is 35. The summed E-state index contributed by atoms with van der Waals surface area (Å²) < 4.78 is 16.5. The van der Waals surface area contributed by atoms with Gasteiger partial charge in [-0.3, -0.25) is 14.4 Å². The molecule has 0 fully saturated rings. The van der Waals surface area contributed by atoms with Crippen LogP contribution in [0.3, 0.4) is 0 Å². The molecule has 0 aromatic carbocycles. The van der Waals surface area contributed by atoms with E-state index in [1.807, 2.05) is 0 Å². The van der Waals surface area contributed by atoms with Gasteiger partial charge in [-0.1, -0.05) is 175 Å². The van der Waals surface area contributed by atoms with Gasteiger partial charge < -0.3 is 14.2 Å². The van der Waals surface area contributed by atoms with Crippen molar-refractivity contribution in [3.05, 3.63) is 0 Å². The normalized spacial score (nSPS) is 12.5. The number of hydrogen-bond acceptors (Lipinski definition) is 6. The average Bonchev–Trinajstić information content (AvgIpc) is 3.05. The lowest BCUT2D eigenvalue weighted by Crippen LogP contribution is -2.30. The molecule has 2 atom stereocenters. The van der Waals surface area contributed by atoms with E-state index in [0.717, 1.165) is 70.1 Å². The second-order valence-corrected chi connectivity index (χ2v) is 13.8. The van der Waals surface area contributed by atoms with Crippen molar-refractivity contribution >= 4 is 17.9 Å². The molecule has 0 amide bonds. The van der Waals surface area contributed by atoms with Gasteiger partial charge in [-0.2, -0.15) is 0 Å². The van der Waals surface area contributed by atoms with Gasteiger partial charge >= 0.3 is 17.9 Å². The van der Waals surface area contributed by atoms with Gasteiger partial charge in [0, 0.05) is 19.3 Å². The predicted molar refractivity (Wildman–Crippen MR) is 192 cm³/mol. The third kappa shape index (κ3) is 32.4. The van der Waals surface area contributed by atoms with Crippen LogP contribution in [0.2, 0.25) is 0 Å². The molecule has 0 heterocycles.